The SMILES string of the molecule is CCCCCCCCCCNCC(C)(C)O.Nc1cc(C(F)(F)F)c(Br)nc1C(=O)O. The van der Waals surface area contributed by atoms with E-state index in [2.05, 4.69) is 33.2 Å². The summed E-state index contributed by atoms with van der Waals surface area (Å²) in [6.45, 7) is 7.68. The van der Waals surface area contributed by atoms with Gasteiger partial charge in [0.25, 0.3) is 0 Å². The number of anilines is 1. The van der Waals surface area contributed by atoms with Crippen LogP contribution in [0.1, 0.15) is 88.2 Å². The van der Waals surface area contributed by atoms with Crippen LogP contribution in [0.4, 0.5) is 18.9 Å². The minimum atomic E-state index is -4.63. The van der Waals surface area contributed by atoms with Crippen molar-refractivity contribution in [2.45, 2.75) is 83.9 Å². The van der Waals surface area contributed by atoms with Crippen LogP contribution in [0.5, 0.6) is 0 Å². The van der Waals surface area contributed by atoms with Crippen molar-refractivity contribution in [1.82, 2.24) is 10.3 Å². The summed E-state index contributed by atoms with van der Waals surface area (Å²) in [5.74, 6) is -1.48. The highest BCUT2D eigenvalue weighted by Gasteiger charge is 2.35. The fraction of sp³-hybridized carbons (Fsp3) is 0.714. The van der Waals surface area contributed by atoms with Crippen LogP contribution < -0.4 is 11.1 Å². The average molecular weight is 514 g/mol. The molecule has 6 nitrogen and oxygen atoms in total. The molecule has 0 amide bonds. The summed E-state index contributed by atoms with van der Waals surface area (Å²) in [5, 5.41) is 21.3. The Labute approximate surface area is 190 Å². The first-order valence-corrected chi connectivity index (χ1v) is 11.3. The quantitative estimate of drug-likeness (QED) is 0.213. The maximum absolute atomic E-state index is 12.3. The van der Waals surface area contributed by atoms with Crippen molar-refractivity contribution < 1.29 is 28.2 Å². The number of unbranched alkanes of at least 4 members (excludes halogenated alkanes) is 7. The van der Waals surface area contributed by atoms with Crippen molar-refractivity contribution in [2.75, 3.05) is 18.8 Å². The summed E-state index contributed by atoms with van der Waals surface area (Å²) < 4.78 is 36.3. The summed E-state index contributed by atoms with van der Waals surface area (Å²) in [5.41, 5.74) is 2.30. The summed E-state index contributed by atoms with van der Waals surface area (Å²) in [4.78, 5) is 13.7. The van der Waals surface area contributed by atoms with E-state index in [-0.39, 0.29) is 0 Å². The lowest BCUT2D eigenvalue weighted by Gasteiger charge is -2.17. The number of hydrogen-bond acceptors (Lipinski definition) is 5. The molecule has 0 atom stereocenters. The molecule has 0 saturated heterocycles. The van der Waals surface area contributed by atoms with Crippen LogP contribution in [0, 0.1) is 0 Å². The number of carboxylic acid groups (broad SMARTS) is 1. The van der Waals surface area contributed by atoms with Gasteiger partial charge in [0.05, 0.1) is 16.9 Å². The van der Waals surface area contributed by atoms with E-state index in [0.29, 0.717) is 12.6 Å². The molecule has 180 valence electrons. The molecule has 0 fully saturated rings. The van der Waals surface area contributed by atoms with Gasteiger partial charge in [0, 0.05) is 6.54 Å². The molecule has 0 bridgehead atoms. The highest BCUT2D eigenvalue weighted by atomic mass is 79.9. The van der Waals surface area contributed by atoms with Crippen LogP contribution in [0.2, 0.25) is 0 Å². The minimum Gasteiger partial charge on any atom is -0.476 e. The maximum atomic E-state index is 12.3. The number of aliphatic hydroxyl groups is 1. The van der Waals surface area contributed by atoms with E-state index in [1.165, 1.54) is 51.4 Å². The fourth-order valence-electron chi connectivity index (χ4n) is 2.65. The molecule has 0 aliphatic carbocycles. The molecule has 1 heterocycles. The molecule has 0 spiro atoms. The van der Waals surface area contributed by atoms with Gasteiger partial charge in [-0.25, -0.2) is 9.78 Å². The lowest BCUT2D eigenvalue weighted by atomic mass is 10.1. The van der Waals surface area contributed by atoms with Gasteiger partial charge < -0.3 is 21.3 Å². The van der Waals surface area contributed by atoms with Crippen LogP contribution in [-0.2, 0) is 6.18 Å². The summed E-state index contributed by atoms with van der Waals surface area (Å²) in [6, 6.07) is 0.528. The summed E-state index contributed by atoms with van der Waals surface area (Å²) in [7, 11) is 0. The number of carboxylic acids is 1. The molecule has 31 heavy (non-hydrogen) atoms. The summed E-state index contributed by atoms with van der Waals surface area (Å²) >= 11 is 2.54. The number of nitrogens with zero attached hydrogens (tertiary/aromatic N) is 1. The molecule has 1 aromatic heterocycles. The van der Waals surface area contributed by atoms with E-state index in [4.69, 9.17) is 10.8 Å². The van der Waals surface area contributed by atoms with Gasteiger partial charge in [-0.1, -0.05) is 51.9 Å². The molecule has 10 heteroatoms. The van der Waals surface area contributed by atoms with Gasteiger partial charge in [0.1, 0.15) is 4.60 Å². The van der Waals surface area contributed by atoms with Crippen molar-refractivity contribution in [3.63, 3.8) is 0 Å². The topological polar surface area (TPSA) is 108 Å². The highest BCUT2D eigenvalue weighted by molar-refractivity contribution is 9.10. The van der Waals surface area contributed by atoms with Gasteiger partial charge in [-0.15, -0.1) is 0 Å². The zero-order valence-corrected chi connectivity index (χ0v) is 20.1. The number of rotatable bonds is 12. The lowest BCUT2D eigenvalue weighted by Crippen LogP contribution is -2.35. The Bertz CT molecular complexity index is 666. The number of hydrogen-bond donors (Lipinski definition) is 4. The van der Waals surface area contributed by atoms with E-state index in [0.717, 1.165) is 6.54 Å². The number of aromatic carboxylic acids is 1. The van der Waals surface area contributed by atoms with Crippen molar-refractivity contribution in [1.29, 1.82) is 0 Å². The molecule has 1 aromatic rings. The Morgan fingerprint density at radius 1 is 1.13 bits per heavy atom. The fourth-order valence-corrected chi connectivity index (χ4v) is 3.17. The Morgan fingerprint density at radius 2 is 1.65 bits per heavy atom. The normalized spacial score (nSPS) is 11.7. The molecule has 1 rings (SSSR count). The van der Waals surface area contributed by atoms with Gasteiger partial charge in [0.2, 0.25) is 0 Å². The average Bonchev–Trinajstić information content (AvgIpc) is 2.63. The number of carbonyl (C=O) groups is 1. The van der Waals surface area contributed by atoms with E-state index >= 15 is 0 Å². The van der Waals surface area contributed by atoms with Crippen LogP contribution in [0.15, 0.2) is 10.7 Å². The monoisotopic (exact) mass is 513 g/mol. The second-order valence-corrected chi connectivity index (χ2v) is 8.78. The van der Waals surface area contributed by atoms with Gasteiger partial charge in [-0.3, -0.25) is 0 Å². The second-order valence-electron chi connectivity index (χ2n) is 8.03. The number of alkyl halides is 3. The molecule has 0 radical (unpaired) electrons. The van der Waals surface area contributed by atoms with Crippen LogP contribution in [0.3, 0.4) is 0 Å². The van der Waals surface area contributed by atoms with E-state index in [9.17, 15) is 23.1 Å². The summed E-state index contributed by atoms with van der Waals surface area (Å²) in [6.07, 6.45) is 6.25. The molecule has 0 saturated carbocycles. The predicted molar refractivity (Wildman–Crippen MR) is 120 cm³/mol. The van der Waals surface area contributed by atoms with Crippen molar-refractivity contribution >= 4 is 27.6 Å². The Balaban J connectivity index is 0.000000581. The van der Waals surface area contributed by atoms with E-state index in [1.807, 2.05) is 13.8 Å². The molecule has 0 aliphatic heterocycles. The number of aromatic nitrogens is 1. The van der Waals surface area contributed by atoms with Gasteiger partial charge >= 0.3 is 12.1 Å². The molecule has 5 N–H and O–H groups in total. The van der Waals surface area contributed by atoms with Crippen LogP contribution in [0.25, 0.3) is 0 Å². The number of nitrogen functional groups attached to an aromatic ring is 1. The predicted octanol–water partition coefficient (Wildman–Crippen LogP) is 5.63. The Hall–Kier alpha value is -1.39. The van der Waals surface area contributed by atoms with Crippen LogP contribution in [-0.4, -0.2) is 39.9 Å². The largest absolute Gasteiger partial charge is 0.476 e. The maximum Gasteiger partial charge on any atom is 0.419 e. The first-order valence-electron chi connectivity index (χ1n) is 10.5. The van der Waals surface area contributed by atoms with Crippen LogP contribution >= 0.6 is 15.9 Å². The molecule has 0 unspecified atom stereocenters. The number of nitrogens with two attached hydrogens (primary N) is 1. The lowest BCUT2D eigenvalue weighted by molar-refractivity contribution is -0.138. The number of halogens is 4. The first-order chi connectivity index (χ1) is 14.3. The standard InChI is InChI=1S/C14H31NO.C7H4BrF3N2O2/c1-4-5-6-7-8-9-10-11-12-15-13-14(2,3)16;8-5-2(7(9,10)11)1-3(12)4(13-5)6(14)15/h15-16H,4-13H2,1-3H3;1H,12H2,(H,14,15). The van der Waals surface area contributed by atoms with Crippen molar-refractivity contribution in [3.8, 4) is 0 Å². The zero-order valence-electron chi connectivity index (χ0n) is 18.5. The number of nitrogens with one attached hydrogen (secondary N) is 1. The molecular weight excluding hydrogens is 479 g/mol. The highest BCUT2D eigenvalue weighted by Crippen LogP contribution is 2.35. The van der Waals surface area contributed by atoms with Crippen molar-refractivity contribution in [3.05, 3.63) is 21.9 Å². The third-order valence-corrected chi connectivity index (χ3v) is 4.88. The third-order valence-electron chi connectivity index (χ3n) is 4.28. The van der Waals surface area contributed by atoms with E-state index in [1.54, 1.807) is 0 Å². The first kappa shape index (κ1) is 29.6. The third kappa shape index (κ3) is 14.3. The Morgan fingerprint density at radius 3 is 2.10 bits per heavy atom. The van der Waals surface area contributed by atoms with Gasteiger partial charge in [0.15, 0.2) is 5.69 Å². The van der Waals surface area contributed by atoms with Gasteiger partial charge in [-0.2, -0.15) is 13.2 Å². The molecule has 0 aliphatic rings. The van der Waals surface area contributed by atoms with Gasteiger partial charge in [-0.05, 0) is 48.8 Å². The smallest absolute Gasteiger partial charge is 0.419 e. The second kappa shape index (κ2) is 14.6. The molecule has 0 aromatic carbocycles. The Kier molecular flexibility index (Phi) is 14.0. The number of pyridine rings is 1. The minimum absolute atomic E-state index is 0.528. The zero-order chi connectivity index (χ0) is 24.1. The van der Waals surface area contributed by atoms with E-state index < -0.39 is 39.3 Å². The van der Waals surface area contributed by atoms with Crippen molar-refractivity contribution in [2.24, 2.45) is 0 Å². The molecular formula is C21H35BrF3N3O3.